The molecule has 0 N–H and O–H groups in total. The van der Waals surface area contributed by atoms with Crippen LogP contribution in [0.1, 0.15) is 15.9 Å². The van der Waals surface area contributed by atoms with Crippen molar-refractivity contribution in [2.45, 2.75) is 6.54 Å². The average molecular weight is 468 g/mol. The molecule has 0 spiro atoms. The second-order valence-electron chi connectivity index (χ2n) is 7.66. The predicted octanol–water partition coefficient (Wildman–Crippen LogP) is 6.39. The molecule has 0 fully saturated rings. The highest BCUT2D eigenvalue weighted by Crippen LogP contribution is 2.20. The van der Waals surface area contributed by atoms with E-state index < -0.39 is 5.97 Å². The Morgan fingerprint density at radius 2 is 1.47 bits per heavy atom. The Hall–Kier alpha value is -4.22. The smallest absolute Gasteiger partial charge is 0.331 e. The van der Waals surface area contributed by atoms with Gasteiger partial charge in [0.15, 0.2) is 0 Å². The maximum absolute atomic E-state index is 12.7. The van der Waals surface area contributed by atoms with E-state index in [0.717, 1.165) is 27.5 Å². The molecule has 0 aliphatic heterocycles. The molecule has 5 rings (SSSR count). The molecule has 34 heavy (non-hydrogen) atoms. The summed E-state index contributed by atoms with van der Waals surface area (Å²) in [5, 5.41) is 6.48. The number of fused-ring (bicyclic) bond motifs is 1. The van der Waals surface area contributed by atoms with Crippen molar-refractivity contribution >= 4 is 34.9 Å². The molecule has 0 unspecified atom stereocenters. The van der Waals surface area contributed by atoms with E-state index in [9.17, 15) is 4.79 Å². The largest absolute Gasteiger partial charge is 0.365 e. The number of nitrogens with zero attached hydrogens (tertiary/aromatic N) is 3. The molecule has 0 saturated carbocycles. The van der Waals surface area contributed by atoms with Gasteiger partial charge in [0.2, 0.25) is 0 Å². The predicted molar refractivity (Wildman–Crippen MR) is 137 cm³/mol. The number of hydrogen-bond acceptors (Lipinski definition) is 4. The molecule has 0 saturated heterocycles. The van der Waals surface area contributed by atoms with Gasteiger partial charge in [-0.3, -0.25) is 0 Å². The summed E-state index contributed by atoms with van der Waals surface area (Å²) in [5.41, 5.74) is 4.09. The summed E-state index contributed by atoms with van der Waals surface area (Å²) in [7, 11) is 0. The summed E-state index contributed by atoms with van der Waals surface area (Å²) < 4.78 is 1.89. The fourth-order valence-electron chi connectivity index (χ4n) is 3.67. The first-order valence-corrected chi connectivity index (χ1v) is 10.6. The number of carbonyl (C=O) groups is 1. The van der Waals surface area contributed by atoms with Gasteiger partial charge in [-0.1, -0.05) is 84.0 Å². The van der Waals surface area contributed by atoms with Crippen molar-refractivity contribution in [3.05, 3.63) is 127 Å². The van der Waals surface area contributed by atoms with Gasteiger partial charge in [0.1, 0.15) is 5.71 Å². The third-order valence-electron chi connectivity index (χ3n) is 5.44. The lowest BCUT2D eigenvalue weighted by atomic mass is 10.0. The number of halogens is 1. The number of benzene rings is 4. The zero-order valence-corrected chi connectivity index (χ0v) is 19.1. The number of carbonyl (C=O) groups excluding carboxylic acids is 1. The maximum atomic E-state index is 12.7. The lowest BCUT2D eigenvalue weighted by molar-refractivity contribution is 0.0515. The highest BCUT2D eigenvalue weighted by Gasteiger charge is 2.11. The van der Waals surface area contributed by atoms with Gasteiger partial charge < -0.3 is 9.40 Å². The molecular formula is C28H22ClN3O2. The number of imidazole rings is 1. The van der Waals surface area contributed by atoms with Crippen molar-refractivity contribution in [2.75, 3.05) is 0 Å². The Morgan fingerprint density at radius 3 is 2.21 bits per heavy atom. The van der Waals surface area contributed by atoms with Crippen LogP contribution in [0.2, 0.25) is 0 Å². The van der Waals surface area contributed by atoms with Crippen LogP contribution in [0.5, 0.6) is 0 Å². The molecule has 5 nitrogen and oxygen atoms in total. The van der Waals surface area contributed by atoms with Crippen LogP contribution in [0.3, 0.4) is 0 Å². The van der Waals surface area contributed by atoms with E-state index in [1.807, 2.05) is 89.6 Å². The number of rotatable bonds is 6. The van der Waals surface area contributed by atoms with E-state index in [4.69, 9.17) is 4.84 Å². The van der Waals surface area contributed by atoms with E-state index in [-0.39, 0.29) is 12.4 Å². The zero-order valence-electron chi connectivity index (χ0n) is 18.2. The minimum absolute atomic E-state index is 0. The third kappa shape index (κ3) is 5.22. The number of aromatic nitrogens is 2. The van der Waals surface area contributed by atoms with Gasteiger partial charge in [-0.2, -0.15) is 0 Å². The standard InChI is InChI=1S/C28H21N3O2.ClH/c32-28(24-13-10-23(11-14-24)21-6-2-1-3-7-21)33-30-27(19-31-17-16-29-20-31)26-15-12-22-8-4-5-9-25(22)18-26;/h1-18,20H,19H2;1H/b30-27-;. The Kier molecular flexibility index (Phi) is 7.16. The number of hydrogen-bond donors (Lipinski definition) is 0. The second-order valence-corrected chi connectivity index (χ2v) is 7.66. The lowest BCUT2D eigenvalue weighted by Crippen LogP contribution is -2.13. The Morgan fingerprint density at radius 1 is 0.794 bits per heavy atom. The molecular weight excluding hydrogens is 446 g/mol. The van der Waals surface area contributed by atoms with Gasteiger partial charge in [-0.05, 0) is 40.1 Å². The van der Waals surface area contributed by atoms with Gasteiger partial charge in [0.25, 0.3) is 0 Å². The Bertz CT molecular complexity index is 1410. The van der Waals surface area contributed by atoms with Crippen LogP contribution in [0, 0.1) is 0 Å². The summed E-state index contributed by atoms with van der Waals surface area (Å²) >= 11 is 0. The summed E-state index contributed by atoms with van der Waals surface area (Å²) in [6.07, 6.45) is 5.26. The molecule has 1 aromatic heterocycles. The molecule has 0 atom stereocenters. The van der Waals surface area contributed by atoms with E-state index in [2.05, 4.69) is 16.2 Å². The number of oxime groups is 1. The minimum atomic E-state index is -0.501. The average Bonchev–Trinajstić information content (AvgIpc) is 3.40. The maximum Gasteiger partial charge on any atom is 0.365 e. The summed E-state index contributed by atoms with van der Waals surface area (Å²) in [6, 6.07) is 31.5. The summed E-state index contributed by atoms with van der Waals surface area (Å²) in [4.78, 5) is 22.2. The molecule has 5 aromatic rings. The molecule has 0 aliphatic rings. The molecule has 0 aliphatic carbocycles. The van der Waals surface area contributed by atoms with Crippen LogP contribution in [-0.2, 0) is 11.4 Å². The van der Waals surface area contributed by atoms with Crippen molar-refractivity contribution in [2.24, 2.45) is 5.16 Å². The van der Waals surface area contributed by atoms with Crippen molar-refractivity contribution in [1.82, 2.24) is 9.55 Å². The van der Waals surface area contributed by atoms with Crippen LogP contribution in [0.25, 0.3) is 21.9 Å². The molecule has 168 valence electrons. The van der Waals surface area contributed by atoms with Gasteiger partial charge >= 0.3 is 5.97 Å². The van der Waals surface area contributed by atoms with Crippen LogP contribution in [0.15, 0.2) is 121 Å². The normalized spacial score (nSPS) is 11.1. The quantitative estimate of drug-likeness (QED) is 0.165. The van der Waals surface area contributed by atoms with Crippen molar-refractivity contribution in [3.63, 3.8) is 0 Å². The molecule has 6 heteroatoms. The fraction of sp³-hybridized carbons (Fsp3) is 0.0357. The highest BCUT2D eigenvalue weighted by molar-refractivity contribution is 6.03. The molecule has 0 bridgehead atoms. The monoisotopic (exact) mass is 467 g/mol. The Labute approximate surface area is 203 Å². The van der Waals surface area contributed by atoms with E-state index in [1.54, 1.807) is 24.7 Å². The lowest BCUT2D eigenvalue weighted by Gasteiger charge is -2.09. The Balaban J connectivity index is 0.00000274. The van der Waals surface area contributed by atoms with Gasteiger partial charge in [0, 0.05) is 18.0 Å². The van der Waals surface area contributed by atoms with Crippen LogP contribution >= 0.6 is 12.4 Å². The molecule has 1 heterocycles. The first kappa shape index (κ1) is 23.0. The third-order valence-corrected chi connectivity index (χ3v) is 5.44. The molecule has 4 aromatic carbocycles. The molecule has 0 amide bonds. The van der Waals surface area contributed by atoms with Crippen molar-refractivity contribution < 1.29 is 9.63 Å². The second kappa shape index (κ2) is 10.6. The van der Waals surface area contributed by atoms with Gasteiger partial charge in [0.05, 0.1) is 18.4 Å². The molecule has 0 radical (unpaired) electrons. The fourth-order valence-corrected chi connectivity index (χ4v) is 3.67. The minimum Gasteiger partial charge on any atom is -0.331 e. The summed E-state index contributed by atoms with van der Waals surface area (Å²) in [6.45, 7) is 0.429. The SMILES string of the molecule is Cl.O=C(O/N=C(/Cn1ccnc1)c1ccc2ccccc2c1)c1ccc(-c2ccccc2)cc1. The topological polar surface area (TPSA) is 56.5 Å². The van der Waals surface area contributed by atoms with Crippen LogP contribution in [0.4, 0.5) is 0 Å². The van der Waals surface area contributed by atoms with E-state index in [0.29, 0.717) is 17.8 Å². The van der Waals surface area contributed by atoms with E-state index in [1.165, 1.54) is 0 Å². The van der Waals surface area contributed by atoms with Crippen molar-refractivity contribution in [3.8, 4) is 11.1 Å². The van der Waals surface area contributed by atoms with E-state index >= 15 is 0 Å². The first-order chi connectivity index (χ1) is 16.3. The van der Waals surface area contributed by atoms with Crippen molar-refractivity contribution in [1.29, 1.82) is 0 Å². The highest BCUT2D eigenvalue weighted by atomic mass is 35.5. The first-order valence-electron chi connectivity index (χ1n) is 10.6. The van der Waals surface area contributed by atoms with Crippen LogP contribution in [-0.4, -0.2) is 21.2 Å². The van der Waals surface area contributed by atoms with Gasteiger partial charge in [-0.25, -0.2) is 9.78 Å². The van der Waals surface area contributed by atoms with Gasteiger partial charge in [-0.15, -0.1) is 12.4 Å². The zero-order chi connectivity index (χ0) is 22.5. The summed E-state index contributed by atoms with van der Waals surface area (Å²) in [5.74, 6) is -0.501. The van der Waals surface area contributed by atoms with Crippen LogP contribution < -0.4 is 0 Å².